The summed E-state index contributed by atoms with van der Waals surface area (Å²) in [5, 5.41) is 15.1. The molecule has 0 radical (unpaired) electrons. The van der Waals surface area contributed by atoms with Crippen molar-refractivity contribution in [1.29, 1.82) is 0 Å². The Labute approximate surface area is 212 Å². The number of rotatable bonds is 3. The van der Waals surface area contributed by atoms with Gasteiger partial charge in [-0.1, -0.05) is 0 Å². The van der Waals surface area contributed by atoms with Gasteiger partial charge in [0, 0.05) is 0 Å². The van der Waals surface area contributed by atoms with Crippen molar-refractivity contribution < 1.29 is 5.11 Å². The fourth-order valence-electron chi connectivity index (χ4n) is 4.16. The molecule has 2 nitrogen and oxygen atoms in total. The monoisotopic (exact) mass is 789 g/mol. The summed E-state index contributed by atoms with van der Waals surface area (Å²) in [4.78, 5) is 5.02. The third-order valence-electron chi connectivity index (χ3n) is 5.37. The van der Waals surface area contributed by atoms with Crippen molar-refractivity contribution in [1.82, 2.24) is 0 Å². The molecule has 2 aromatic carbocycles. The summed E-state index contributed by atoms with van der Waals surface area (Å²) in [6.45, 7) is 9.15. The van der Waals surface area contributed by atoms with Crippen molar-refractivity contribution in [2.75, 3.05) is 0 Å². The van der Waals surface area contributed by atoms with E-state index >= 15 is 0 Å². The van der Waals surface area contributed by atoms with E-state index in [1.165, 1.54) is 30.0 Å². The zero-order valence-electron chi connectivity index (χ0n) is 15.4. The average Bonchev–Trinajstić information content (AvgIpc) is 2.91. The van der Waals surface area contributed by atoms with E-state index < -0.39 is 8.07 Å². The average molecular weight is 788 g/mol. The number of phenols is 1. The topological polar surface area (TPSA) is 32.6 Å². The Kier molecular flexibility index (Phi) is 6.24. The van der Waals surface area contributed by atoms with Gasteiger partial charge in [-0.3, -0.25) is 0 Å². The molecule has 3 aromatic rings. The first-order valence-electron chi connectivity index (χ1n) is 8.96. The van der Waals surface area contributed by atoms with Crippen molar-refractivity contribution in [2.45, 2.75) is 25.9 Å². The summed E-state index contributed by atoms with van der Waals surface area (Å²) in [5.41, 5.74) is 2.36. The van der Waals surface area contributed by atoms with Gasteiger partial charge in [-0.25, -0.2) is 0 Å². The number of halogens is 3. The van der Waals surface area contributed by atoms with Crippen LogP contribution in [0.25, 0.3) is 16.6 Å². The number of nitrogens with zero attached hydrogens (tertiary/aromatic N) is 1. The minimum absolute atomic E-state index is 0.315. The van der Waals surface area contributed by atoms with Gasteiger partial charge >= 0.3 is 215 Å². The van der Waals surface area contributed by atoms with E-state index in [1.54, 1.807) is 6.07 Å². The van der Waals surface area contributed by atoms with Crippen LogP contribution >= 0.6 is 67.8 Å². The predicted molar refractivity (Wildman–Crippen MR) is 147 cm³/mol. The molecule has 1 atom stereocenters. The van der Waals surface area contributed by atoms with Gasteiger partial charge in [0.2, 0.25) is 0 Å². The molecule has 7 heteroatoms. The normalized spacial score (nSPS) is 17.8. The van der Waals surface area contributed by atoms with Crippen LogP contribution in [0.15, 0.2) is 35.3 Å². The van der Waals surface area contributed by atoms with E-state index in [2.05, 4.69) is 100.0 Å². The zero-order valence-corrected chi connectivity index (χ0v) is 24.6. The Morgan fingerprint density at radius 2 is 1.89 bits per heavy atom. The van der Waals surface area contributed by atoms with Crippen molar-refractivity contribution in [3.63, 3.8) is 0 Å². The molecule has 0 fully saturated rings. The van der Waals surface area contributed by atoms with Crippen molar-refractivity contribution in [3.8, 4) is 15.8 Å². The Morgan fingerprint density at radius 3 is 2.54 bits per heavy atom. The molecule has 2 heterocycles. The Bertz CT molecular complexity index is 1220. The SMILES string of the molecule is C=c1ccc2c(c1-c1[se]c(I)c(I)c1I)[Si](C)(CCC)c1cc(O)ccc1N=2. The van der Waals surface area contributed by atoms with E-state index in [9.17, 15) is 5.11 Å². The molecule has 144 valence electrons. The summed E-state index contributed by atoms with van der Waals surface area (Å²) in [6, 6.07) is 11.1. The van der Waals surface area contributed by atoms with Crippen LogP contribution in [-0.4, -0.2) is 27.7 Å². The number of fused-ring (bicyclic) bond motifs is 2. The number of hydrogen-bond acceptors (Lipinski definition) is 2. The molecule has 0 amide bonds. The standard InChI is InChI=1S/C21H18I3NOSeSi/c1-4-9-28(3)15-10-12(26)6-8-13(15)25-14-7-5-11(2)16(20(14)28)19-17(22)18(23)21(24)27-19/h5-8,10,26H,2,4,9H2,1,3H3. The van der Waals surface area contributed by atoms with Crippen LogP contribution in [0.3, 0.4) is 0 Å². The van der Waals surface area contributed by atoms with E-state index in [-0.39, 0.29) is 0 Å². The molecule has 1 aliphatic heterocycles. The van der Waals surface area contributed by atoms with Crippen molar-refractivity contribution >= 4 is 113 Å². The first-order chi connectivity index (χ1) is 13.3. The van der Waals surface area contributed by atoms with Crippen LogP contribution in [0.5, 0.6) is 5.75 Å². The Hall–Kier alpha value is 0.316. The van der Waals surface area contributed by atoms with E-state index in [0.29, 0.717) is 20.3 Å². The van der Waals surface area contributed by atoms with E-state index in [1.807, 2.05) is 12.1 Å². The molecule has 0 saturated heterocycles. The summed E-state index contributed by atoms with van der Waals surface area (Å²) in [6.07, 6.45) is 1.12. The van der Waals surface area contributed by atoms with Gasteiger partial charge in [0.1, 0.15) is 0 Å². The van der Waals surface area contributed by atoms with Crippen LogP contribution in [0.2, 0.25) is 12.6 Å². The van der Waals surface area contributed by atoms with Gasteiger partial charge in [-0.15, -0.1) is 0 Å². The van der Waals surface area contributed by atoms with Crippen LogP contribution in [0.1, 0.15) is 13.3 Å². The maximum absolute atomic E-state index is 10.2. The Balaban J connectivity index is 2.16. The summed E-state index contributed by atoms with van der Waals surface area (Å²) in [5.74, 6) is 0.337. The fourth-order valence-corrected chi connectivity index (χ4v) is 15.5. The molecule has 1 unspecified atom stereocenters. The second-order valence-electron chi connectivity index (χ2n) is 7.22. The second-order valence-corrected chi connectivity index (χ2v) is 18.4. The third-order valence-corrected chi connectivity index (χ3v) is 19.7. The van der Waals surface area contributed by atoms with Gasteiger partial charge < -0.3 is 0 Å². The van der Waals surface area contributed by atoms with Crippen LogP contribution in [0, 0.1) is 9.58 Å². The minimum atomic E-state index is -2.07. The molecule has 1 N–H and O–H groups in total. The molecule has 4 rings (SSSR count). The van der Waals surface area contributed by atoms with Crippen molar-refractivity contribution in [3.05, 3.63) is 50.5 Å². The fraction of sp³-hybridized carbons (Fsp3) is 0.190. The van der Waals surface area contributed by atoms with Gasteiger partial charge in [-0.2, -0.15) is 0 Å². The van der Waals surface area contributed by atoms with Gasteiger partial charge in [0.15, 0.2) is 0 Å². The van der Waals surface area contributed by atoms with Crippen molar-refractivity contribution in [2.24, 2.45) is 4.99 Å². The second kappa shape index (κ2) is 8.10. The molecule has 0 aliphatic carbocycles. The van der Waals surface area contributed by atoms with E-state index in [4.69, 9.17) is 4.99 Å². The van der Waals surface area contributed by atoms with Crippen LogP contribution < -0.4 is 20.9 Å². The van der Waals surface area contributed by atoms with Gasteiger partial charge in [0.05, 0.1) is 0 Å². The molecule has 28 heavy (non-hydrogen) atoms. The summed E-state index contributed by atoms with van der Waals surface area (Å²) in [7, 11) is -2.07. The van der Waals surface area contributed by atoms with Crippen LogP contribution in [0.4, 0.5) is 5.69 Å². The number of hydrogen-bond donors (Lipinski definition) is 1. The molecule has 0 spiro atoms. The molecular formula is C21H18I3NOSeSi. The molecular weight excluding hydrogens is 770 g/mol. The number of phenolic OH excluding ortho intramolecular Hbond substituents is 1. The molecule has 0 bridgehead atoms. The van der Waals surface area contributed by atoms with Crippen LogP contribution in [-0.2, 0) is 0 Å². The number of benzene rings is 2. The first kappa shape index (κ1) is 21.5. The molecule has 1 aromatic heterocycles. The predicted octanol–water partition coefficient (Wildman–Crippen LogP) is 4.21. The van der Waals surface area contributed by atoms with E-state index in [0.717, 1.165) is 28.7 Å². The zero-order chi connectivity index (χ0) is 20.2. The Morgan fingerprint density at radius 1 is 1.14 bits per heavy atom. The summed E-state index contributed by atoms with van der Waals surface area (Å²) < 4.78 is 5.68. The maximum atomic E-state index is 10.2. The van der Waals surface area contributed by atoms with Gasteiger partial charge in [0.25, 0.3) is 0 Å². The molecule has 1 aliphatic rings. The summed E-state index contributed by atoms with van der Waals surface area (Å²) >= 11 is 7.81. The van der Waals surface area contributed by atoms with Gasteiger partial charge in [-0.05, 0) is 0 Å². The molecule has 0 saturated carbocycles. The number of aromatic hydroxyl groups is 1. The third kappa shape index (κ3) is 3.41. The quantitative estimate of drug-likeness (QED) is 0.314. The first-order valence-corrected chi connectivity index (χ1v) is 16.6.